The maximum Gasteiger partial charge on any atom is 0.530 e. The second-order valence-corrected chi connectivity index (χ2v) is 5.38. The second-order valence-electron chi connectivity index (χ2n) is 4.39. The van der Waals surface area contributed by atoms with E-state index in [0.29, 0.717) is 17.3 Å². The average Bonchev–Trinajstić information content (AvgIpc) is 2.62. The molecule has 3 nitrogen and oxygen atoms in total. The van der Waals surface area contributed by atoms with Crippen LogP contribution in [0.2, 0.25) is 0 Å². The lowest BCUT2D eigenvalue weighted by Gasteiger charge is -2.19. The summed E-state index contributed by atoms with van der Waals surface area (Å²) >= 11 is 0. The highest BCUT2D eigenvalue weighted by Gasteiger charge is 2.20. The van der Waals surface area contributed by atoms with Crippen LogP contribution in [0.5, 0.6) is 0 Å². The topological polar surface area (TPSA) is 27.7 Å². The van der Waals surface area contributed by atoms with Gasteiger partial charge in [-0.25, -0.2) is 0 Å². The van der Waals surface area contributed by atoms with Crippen LogP contribution in [0.1, 0.15) is 20.8 Å². The van der Waals surface area contributed by atoms with Crippen LogP contribution >= 0.6 is 8.60 Å². The monoisotopic (exact) mass is 358 g/mol. The Morgan fingerprint density at radius 2 is 1.40 bits per heavy atom. The largest absolute Gasteiger partial charge is 0.530 e. The molecule has 0 fully saturated rings. The van der Waals surface area contributed by atoms with E-state index in [2.05, 4.69) is 19.7 Å². The summed E-state index contributed by atoms with van der Waals surface area (Å²) in [7, 11) is -1.74. The lowest BCUT2D eigenvalue weighted by Crippen LogP contribution is -1.95. The molecule has 0 aliphatic heterocycles. The van der Waals surface area contributed by atoms with Gasteiger partial charge in [0.1, 0.15) is 17.3 Å². The second kappa shape index (κ2) is 15.0. The number of hydrogen-bond acceptors (Lipinski definition) is 3. The maximum atomic E-state index is 5.87. The Labute approximate surface area is 153 Å². The van der Waals surface area contributed by atoms with Gasteiger partial charge in [-0.1, -0.05) is 56.2 Å². The molecular weight excluding hydrogens is 331 g/mol. The molecule has 0 bridgehead atoms. The molecule has 0 saturated heterocycles. The van der Waals surface area contributed by atoms with Crippen molar-refractivity contribution in [1.82, 2.24) is 0 Å². The van der Waals surface area contributed by atoms with E-state index in [-0.39, 0.29) is 0 Å². The zero-order chi connectivity index (χ0) is 18.9. The van der Waals surface area contributed by atoms with Crippen LogP contribution in [0.3, 0.4) is 0 Å². The van der Waals surface area contributed by atoms with Gasteiger partial charge in [-0.05, 0) is 57.2 Å². The van der Waals surface area contributed by atoms with Gasteiger partial charge in [0.25, 0.3) is 0 Å². The Bertz CT molecular complexity index is 605. The molecule has 0 aromatic carbocycles. The van der Waals surface area contributed by atoms with Gasteiger partial charge < -0.3 is 13.6 Å². The van der Waals surface area contributed by atoms with E-state index in [1.807, 2.05) is 51.2 Å². The summed E-state index contributed by atoms with van der Waals surface area (Å²) in [5, 5.41) is 0. The van der Waals surface area contributed by atoms with Crippen molar-refractivity contribution >= 4 is 8.60 Å². The Morgan fingerprint density at radius 3 is 1.92 bits per heavy atom. The average molecular weight is 358 g/mol. The minimum Gasteiger partial charge on any atom is -0.409 e. The Morgan fingerprint density at radius 1 is 0.720 bits per heavy atom. The number of allylic oxidation sites excluding steroid dienone is 12. The fraction of sp³-hybridized carbons (Fsp3) is 0.143. The first kappa shape index (κ1) is 22.5. The van der Waals surface area contributed by atoms with Gasteiger partial charge in [0.2, 0.25) is 0 Å². The van der Waals surface area contributed by atoms with Crippen molar-refractivity contribution in [3.8, 4) is 0 Å². The molecule has 0 aliphatic carbocycles. The maximum absolute atomic E-state index is 5.87. The third-order valence-electron chi connectivity index (χ3n) is 2.49. The van der Waals surface area contributed by atoms with E-state index >= 15 is 0 Å². The summed E-state index contributed by atoms with van der Waals surface area (Å²) in [6, 6.07) is 0. The lowest BCUT2D eigenvalue weighted by atomic mass is 10.4. The van der Waals surface area contributed by atoms with Crippen molar-refractivity contribution in [1.29, 1.82) is 0 Å². The summed E-state index contributed by atoms with van der Waals surface area (Å²) in [6.07, 6.45) is 21.2. The summed E-state index contributed by atoms with van der Waals surface area (Å²) in [5.74, 6) is 1.74. The number of rotatable bonds is 12. The zero-order valence-electron chi connectivity index (χ0n) is 15.2. The summed E-state index contributed by atoms with van der Waals surface area (Å²) in [6.45, 7) is 16.8. The van der Waals surface area contributed by atoms with Crippen LogP contribution in [-0.4, -0.2) is 0 Å². The van der Waals surface area contributed by atoms with E-state index in [1.54, 1.807) is 42.5 Å². The molecule has 0 radical (unpaired) electrons. The smallest absolute Gasteiger partial charge is 0.409 e. The highest BCUT2D eigenvalue weighted by Crippen LogP contribution is 2.47. The first-order chi connectivity index (χ1) is 12.1. The normalized spacial score (nSPS) is 14.8. The predicted molar refractivity (Wildman–Crippen MR) is 109 cm³/mol. The van der Waals surface area contributed by atoms with Crippen LogP contribution in [0, 0.1) is 0 Å². The van der Waals surface area contributed by atoms with Gasteiger partial charge in [0, 0.05) is 0 Å². The van der Waals surface area contributed by atoms with Crippen LogP contribution in [-0.2, 0) is 13.6 Å². The van der Waals surface area contributed by atoms with E-state index in [4.69, 9.17) is 13.6 Å². The van der Waals surface area contributed by atoms with Crippen LogP contribution in [0.15, 0.2) is 110 Å². The summed E-state index contributed by atoms with van der Waals surface area (Å²) < 4.78 is 17.6. The molecule has 0 spiro atoms. The van der Waals surface area contributed by atoms with Gasteiger partial charge in [0.15, 0.2) is 0 Å². The molecule has 0 aromatic rings. The van der Waals surface area contributed by atoms with E-state index in [9.17, 15) is 0 Å². The molecule has 134 valence electrons. The van der Waals surface area contributed by atoms with E-state index < -0.39 is 8.60 Å². The number of hydrogen-bond donors (Lipinski definition) is 0. The third-order valence-corrected chi connectivity index (χ3v) is 3.57. The molecular formula is C21H27O3P. The molecule has 0 aromatic heterocycles. The minimum atomic E-state index is -1.74. The van der Waals surface area contributed by atoms with Crippen molar-refractivity contribution in [2.75, 3.05) is 0 Å². The minimum absolute atomic E-state index is 0.547. The highest BCUT2D eigenvalue weighted by molar-refractivity contribution is 7.42. The first-order valence-corrected chi connectivity index (χ1v) is 8.94. The quantitative estimate of drug-likeness (QED) is 0.210. The molecule has 1 atom stereocenters. The van der Waals surface area contributed by atoms with Gasteiger partial charge >= 0.3 is 8.60 Å². The van der Waals surface area contributed by atoms with Crippen molar-refractivity contribution in [2.45, 2.75) is 20.8 Å². The summed E-state index contributed by atoms with van der Waals surface area (Å²) in [4.78, 5) is 0. The molecule has 25 heavy (non-hydrogen) atoms. The third kappa shape index (κ3) is 10.8. The van der Waals surface area contributed by atoms with Crippen LogP contribution < -0.4 is 0 Å². The standard InChI is InChI=1S/C21H27O3P/c1-7-13-17-19(11-5)22-25(23-20(12-6)18-14-8-2)24-21(15-9-3)16-10-4/h7-18H,1,3,6H2,2,4-5H3/b14-8-,16-10-,17-13-,19-11+,20-18+,21-15+. The van der Waals surface area contributed by atoms with Crippen molar-refractivity contribution in [2.24, 2.45) is 0 Å². The molecule has 0 rings (SSSR count). The zero-order valence-corrected chi connectivity index (χ0v) is 16.1. The fourth-order valence-corrected chi connectivity index (χ4v) is 2.43. The SMILES string of the molecule is C=C/C=C\C(=C/C)OP(O/C(C=C)=C/C=C\C)OC(/C=C\C)=C/C=C. The molecule has 4 heteroatoms. The lowest BCUT2D eigenvalue weighted by molar-refractivity contribution is 0.271. The molecule has 1 unspecified atom stereocenters. The van der Waals surface area contributed by atoms with Gasteiger partial charge in [-0.3, -0.25) is 0 Å². The van der Waals surface area contributed by atoms with Crippen molar-refractivity contribution < 1.29 is 13.6 Å². The van der Waals surface area contributed by atoms with Gasteiger partial charge in [-0.2, -0.15) is 0 Å². The Kier molecular flexibility index (Phi) is 13.5. The van der Waals surface area contributed by atoms with Gasteiger partial charge in [0.05, 0.1) is 0 Å². The molecule has 0 N–H and O–H groups in total. The molecule has 0 aliphatic rings. The molecule has 0 amide bonds. The first-order valence-electron chi connectivity index (χ1n) is 7.85. The Hall–Kier alpha value is -2.51. The summed E-state index contributed by atoms with van der Waals surface area (Å²) in [5.41, 5.74) is 0. The van der Waals surface area contributed by atoms with Crippen molar-refractivity contribution in [3.05, 3.63) is 110 Å². The molecule has 0 heterocycles. The highest BCUT2D eigenvalue weighted by atomic mass is 31.2. The van der Waals surface area contributed by atoms with E-state index in [1.165, 1.54) is 0 Å². The molecule has 0 saturated carbocycles. The van der Waals surface area contributed by atoms with Crippen LogP contribution in [0.4, 0.5) is 0 Å². The fourth-order valence-electron chi connectivity index (χ4n) is 1.38. The Balaban J connectivity index is 5.50. The van der Waals surface area contributed by atoms with E-state index in [0.717, 1.165) is 0 Å². The van der Waals surface area contributed by atoms with Crippen LogP contribution in [0.25, 0.3) is 0 Å². The predicted octanol–water partition coefficient (Wildman–Crippen LogP) is 7.20. The van der Waals surface area contributed by atoms with Gasteiger partial charge in [-0.15, -0.1) is 0 Å². The van der Waals surface area contributed by atoms with Crippen molar-refractivity contribution in [3.63, 3.8) is 0 Å².